The molecule has 144 valence electrons. The molecule has 2 heterocycles. The van der Waals surface area contributed by atoms with Gasteiger partial charge in [0.05, 0.1) is 19.1 Å². The van der Waals surface area contributed by atoms with Gasteiger partial charge in [0.1, 0.15) is 10.8 Å². The highest BCUT2D eigenvalue weighted by Gasteiger charge is 2.29. The predicted molar refractivity (Wildman–Crippen MR) is 104 cm³/mol. The van der Waals surface area contributed by atoms with Gasteiger partial charge in [-0.15, -0.1) is 11.3 Å². The highest BCUT2D eigenvalue weighted by atomic mass is 32.1. The van der Waals surface area contributed by atoms with Crippen LogP contribution in [0.3, 0.4) is 0 Å². The molecule has 0 saturated heterocycles. The van der Waals surface area contributed by atoms with Gasteiger partial charge in [-0.25, -0.2) is 9.18 Å². The van der Waals surface area contributed by atoms with Crippen molar-refractivity contribution in [1.82, 2.24) is 4.90 Å². The molecule has 2 aromatic rings. The minimum Gasteiger partial charge on any atom is -0.465 e. The molecule has 0 radical (unpaired) electrons. The van der Waals surface area contributed by atoms with Crippen molar-refractivity contribution in [2.45, 2.75) is 32.7 Å². The van der Waals surface area contributed by atoms with Crippen molar-refractivity contribution in [2.24, 2.45) is 0 Å². The van der Waals surface area contributed by atoms with Gasteiger partial charge in [0.25, 0.3) is 0 Å². The minimum absolute atomic E-state index is 0.116. The summed E-state index contributed by atoms with van der Waals surface area (Å²) in [5.74, 6) is -1.00. The Labute approximate surface area is 162 Å². The molecule has 27 heavy (non-hydrogen) atoms. The second kappa shape index (κ2) is 8.63. The van der Waals surface area contributed by atoms with Crippen LogP contribution in [0, 0.1) is 5.82 Å². The summed E-state index contributed by atoms with van der Waals surface area (Å²) in [6.07, 6.45) is 1.96. The van der Waals surface area contributed by atoms with E-state index in [-0.39, 0.29) is 18.1 Å². The van der Waals surface area contributed by atoms with E-state index in [2.05, 4.69) is 17.1 Å². The van der Waals surface area contributed by atoms with E-state index in [1.807, 2.05) is 0 Å². The lowest BCUT2D eigenvalue weighted by molar-refractivity contribution is -0.115. The molecule has 7 heteroatoms. The first-order chi connectivity index (χ1) is 13.0. The van der Waals surface area contributed by atoms with Crippen molar-refractivity contribution in [3.63, 3.8) is 0 Å². The Morgan fingerprint density at radius 2 is 2.04 bits per heavy atom. The zero-order chi connectivity index (χ0) is 19.4. The summed E-state index contributed by atoms with van der Waals surface area (Å²) in [5, 5.41) is 3.40. The molecule has 0 fully saturated rings. The number of hydrogen-bond acceptors (Lipinski definition) is 5. The number of rotatable bonds is 6. The SMILES string of the molecule is CCCN1CCc2c(sc(NC(=O)Cc3ccc(F)cc3)c2C(=O)OC)C1. The number of nitrogens with one attached hydrogen (secondary N) is 1. The molecular weight excluding hydrogens is 367 g/mol. The third-order valence-corrected chi connectivity index (χ3v) is 5.73. The average Bonchev–Trinajstić information content (AvgIpc) is 3.00. The van der Waals surface area contributed by atoms with Crippen LogP contribution in [-0.2, 0) is 28.9 Å². The summed E-state index contributed by atoms with van der Waals surface area (Å²) in [6.45, 7) is 4.83. The highest BCUT2D eigenvalue weighted by molar-refractivity contribution is 7.17. The fourth-order valence-corrected chi connectivity index (χ4v) is 4.62. The number of ether oxygens (including phenoxy) is 1. The number of hydrogen-bond donors (Lipinski definition) is 1. The Hall–Kier alpha value is -2.25. The van der Waals surface area contributed by atoms with Gasteiger partial charge >= 0.3 is 5.97 Å². The van der Waals surface area contributed by atoms with Crippen molar-refractivity contribution in [3.8, 4) is 0 Å². The van der Waals surface area contributed by atoms with Crippen LogP contribution in [0.15, 0.2) is 24.3 Å². The van der Waals surface area contributed by atoms with Gasteiger partial charge in [0.2, 0.25) is 5.91 Å². The lowest BCUT2D eigenvalue weighted by Gasteiger charge is -2.26. The third kappa shape index (κ3) is 4.54. The molecule has 5 nitrogen and oxygen atoms in total. The van der Waals surface area contributed by atoms with Crippen LogP contribution in [0.4, 0.5) is 9.39 Å². The molecule has 1 aliphatic heterocycles. The summed E-state index contributed by atoms with van der Waals surface area (Å²) in [7, 11) is 1.35. The van der Waals surface area contributed by atoms with Crippen molar-refractivity contribution in [1.29, 1.82) is 0 Å². The number of carbonyl (C=O) groups is 2. The van der Waals surface area contributed by atoms with E-state index in [9.17, 15) is 14.0 Å². The minimum atomic E-state index is -0.423. The molecule has 1 aromatic heterocycles. The predicted octanol–water partition coefficient (Wildman–Crippen LogP) is 3.62. The van der Waals surface area contributed by atoms with Crippen molar-refractivity contribution >= 4 is 28.2 Å². The van der Waals surface area contributed by atoms with Gasteiger partial charge in [-0.05, 0) is 42.6 Å². The zero-order valence-electron chi connectivity index (χ0n) is 15.5. The Kier molecular flexibility index (Phi) is 6.23. The second-order valence-electron chi connectivity index (χ2n) is 6.58. The Balaban J connectivity index is 1.80. The molecule has 0 unspecified atom stereocenters. The van der Waals surface area contributed by atoms with E-state index >= 15 is 0 Å². The third-order valence-electron chi connectivity index (χ3n) is 4.60. The van der Waals surface area contributed by atoms with Crippen LogP contribution in [0.5, 0.6) is 0 Å². The van der Waals surface area contributed by atoms with Crippen LogP contribution in [0.1, 0.15) is 39.7 Å². The van der Waals surface area contributed by atoms with Crippen molar-refractivity contribution in [3.05, 3.63) is 51.7 Å². The molecule has 1 aromatic carbocycles. The first-order valence-corrected chi connectivity index (χ1v) is 9.83. The first kappa shape index (κ1) is 19.5. The summed E-state index contributed by atoms with van der Waals surface area (Å²) in [4.78, 5) is 28.2. The number of fused-ring (bicyclic) bond motifs is 1. The number of thiophene rings is 1. The van der Waals surface area contributed by atoms with Gasteiger partial charge in [-0.2, -0.15) is 0 Å². The molecule has 0 aliphatic carbocycles. The summed E-state index contributed by atoms with van der Waals surface area (Å²) in [5.41, 5.74) is 2.17. The molecule has 1 amide bonds. The lowest BCUT2D eigenvalue weighted by Crippen LogP contribution is -2.30. The van der Waals surface area contributed by atoms with E-state index in [1.165, 1.54) is 30.6 Å². The topological polar surface area (TPSA) is 58.6 Å². The van der Waals surface area contributed by atoms with Crippen molar-refractivity contribution < 1.29 is 18.7 Å². The molecule has 0 spiro atoms. The van der Waals surface area contributed by atoms with Gasteiger partial charge in [-0.1, -0.05) is 19.1 Å². The van der Waals surface area contributed by atoms with Crippen LogP contribution in [0.25, 0.3) is 0 Å². The number of anilines is 1. The first-order valence-electron chi connectivity index (χ1n) is 9.01. The van der Waals surface area contributed by atoms with E-state index in [0.717, 1.165) is 42.9 Å². The highest BCUT2D eigenvalue weighted by Crippen LogP contribution is 2.37. The fraction of sp³-hybridized carbons (Fsp3) is 0.400. The zero-order valence-corrected chi connectivity index (χ0v) is 16.3. The maximum atomic E-state index is 13.0. The number of benzene rings is 1. The van der Waals surface area contributed by atoms with Crippen molar-refractivity contribution in [2.75, 3.05) is 25.5 Å². The molecule has 0 saturated carbocycles. The number of halogens is 1. The van der Waals surface area contributed by atoms with Gasteiger partial charge in [0.15, 0.2) is 0 Å². The lowest BCUT2D eigenvalue weighted by atomic mass is 10.0. The molecule has 1 N–H and O–H groups in total. The summed E-state index contributed by atoms with van der Waals surface area (Å²) < 4.78 is 18.0. The smallest absolute Gasteiger partial charge is 0.341 e. The number of carbonyl (C=O) groups excluding carboxylic acids is 2. The standard InChI is InChI=1S/C20H23FN2O3S/c1-3-9-23-10-8-15-16(12-23)27-19(18(15)20(25)26-2)22-17(24)11-13-4-6-14(21)7-5-13/h4-7H,3,8-12H2,1-2H3,(H,22,24). The maximum absolute atomic E-state index is 13.0. The number of methoxy groups -OCH3 is 1. The molecule has 0 atom stereocenters. The normalized spacial score (nSPS) is 13.9. The van der Waals surface area contributed by atoms with Crippen LogP contribution < -0.4 is 5.32 Å². The maximum Gasteiger partial charge on any atom is 0.341 e. The number of esters is 1. The van der Waals surface area contributed by atoms with Gasteiger partial charge < -0.3 is 10.1 Å². The van der Waals surface area contributed by atoms with Crippen LogP contribution >= 0.6 is 11.3 Å². The van der Waals surface area contributed by atoms with Crippen LogP contribution in [0.2, 0.25) is 0 Å². The molecule has 0 bridgehead atoms. The fourth-order valence-electron chi connectivity index (χ4n) is 3.33. The van der Waals surface area contributed by atoms with Gasteiger partial charge in [-0.3, -0.25) is 9.69 Å². The Bertz CT molecular complexity index is 832. The molecule has 1 aliphatic rings. The Morgan fingerprint density at radius 1 is 1.30 bits per heavy atom. The monoisotopic (exact) mass is 390 g/mol. The quantitative estimate of drug-likeness (QED) is 0.766. The summed E-state index contributed by atoms with van der Waals surface area (Å²) in [6, 6.07) is 5.82. The van der Waals surface area contributed by atoms with Crippen LogP contribution in [-0.4, -0.2) is 37.0 Å². The largest absolute Gasteiger partial charge is 0.465 e. The second-order valence-corrected chi connectivity index (χ2v) is 7.68. The average molecular weight is 390 g/mol. The van der Waals surface area contributed by atoms with Gasteiger partial charge in [0, 0.05) is 18.0 Å². The molecular formula is C20H23FN2O3S. The number of amides is 1. The molecule has 3 rings (SSSR count). The Morgan fingerprint density at radius 3 is 2.70 bits per heavy atom. The number of nitrogens with zero attached hydrogens (tertiary/aromatic N) is 1. The van der Waals surface area contributed by atoms with E-state index in [1.54, 1.807) is 12.1 Å². The summed E-state index contributed by atoms with van der Waals surface area (Å²) >= 11 is 1.44. The van der Waals surface area contributed by atoms with E-state index in [4.69, 9.17) is 4.74 Å². The van der Waals surface area contributed by atoms with E-state index in [0.29, 0.717) is 16.1 Å². The van der Waals surface area contributed by atoms with E-state index < -0.39 is 5.97 Å².